The van der Waals surface area contributed by atoms with Gasteiger partial charge in [-0.3, -0.25) is 4.79 Å². The fraction of sp³-hybridized carbons (Fsp3) is 0.462. The third kappa shape index (κ3) is 1.43. The summed E-state index contributed by atoms with van der Waals surface area (Å²) in [5.74, 6) is 1.49. The maximum absolute atomic E-state index is 12.3. The van der Waals surface area contributed by atoms with Crippen LogP contribution in [0.2, 0.25) is 0 Å². The van der Waals surface area contributed by atoms with Crippen molar-refractivity contribution in [3.8, 4) is 11.5 Å². The van der Waals surface area contributed by atoms with E-state index in [0.717, 1.165) is 17.1 Å². The summed E-state index contributed by atoms with van der Waals surface area (Å²) in [6.45, 7) is 6.60. The molecule has 2 aliphatic heterocycles. The summed E-state index contributed by atoms with van der Waals surface area (Å²) in [5, 5.41) is 3.25. The van der Waals surface area contributed by atoms with Gasteiger partial charge in [-0.2, -0.15) is 0 Å². The van der Waals surface area contributed by atoms with Gasteiger partial charge in [0.05, 0.1) is 11.4 Å². The molecule has 0 aliphatic carbocycles. The van der Waals surface area contributed by atoms with E-state index in [2.05, 4.69) is 5.32 Å². The van der Waals surface area contributed by atoms with Gasteiger partial charge < -0.3 is 19.7 Å². The zero-order valence-electron chi connectivity index (χ0n) is 10.7. The molecule has 3 rings (SSSR count). The molecular weight excluding hydrogens is 232 g/mol. The predicted molar refractivity (Wildman–Crippen MR) is 68.3 cm³/mol. The van der Waals surface area contributed by atoms with Crippen LogP contribution in [0.3, 0.4) is 0 Å². The second-order valence-corrected chi connectivity index (χ2v) is 5.02. The average Bonchev–Trinajstić information content (AvgIpc) is 2.75. The quantitative estimate of drug-likeness (QED) is 0.825. The topological polar surface area (TPSA) is 50.8 Å². The highest BCUT2D eigenvalue weighted by atomic mass is 16.7. The van der Waals surface area contributed by atoms with Gasteiger partial charge in [0.2, 0.25) is 6.79 Å². The molecule has 0 spiro atoms. The molecule has 0 aromatic heterocycles. The summed E-state index contributed by atoms with van der Waals surface area (Å²) in [4.78, 5) is 14.1. The molecule has 0 bridgehead atoms. The average molecular weight is 248 g/mol. The van der Waals surface area contributed by atoms with Crippen LogP contribution < -0.4 is 19.7 Å². The Kier molecular flexibility index (Phi) is 2.20. The molecular formula is C13H16N2O3. The minimum absolute atomic E-state index is 0.0661. The summed E-state index contributed by atoms with van der Waals surface area (Å²) in [5.41, 5.74) is 1.16. The summed E-state index contributed by atoms with van der Waals surface area (Å²) >= 11 is 0. The summed E-state index contributed by atoms with van der Waals surface area (Å²) in [7, 11) is 0. The first-order valence-corrected chi connectivity index (χ1v) is 6.06. The van der Waals surface area contributed by atoms with Crippen molar-refractivity contribution in [2.45, 2.75) is 26.3 Å². The van der Waals surface area contributed by atoms with E-state index < -0.39 is 5.54 Å². The lowest BCUT2D eigenvalue weighted by Gasteiger charge is -2.39. The van der Waals surface area contributed by atoms with Crippen molar-refractivity contribution in [3.63, 3.8) is 0 Å². The van der Waals surface area contributed by atoms with Crippen LogP contribution in [0.5, 0.6) is 11.5 Å². The highest BCUT2D eigenvalue weighted by Gasteiger charge is 2.39. The maximum Gasteiger partial charge on any atom is 0.252 e. The number of benzene rings is 1. The van der Waals surface area contributed by atoms with Gasteiger partial charge in [0.1, 0.15) is 5.54 Å². The second kappa shape index (κ2) is 3.54. The van der Waals surface area contributed by atoms with E-state index >= 15 is 0 Å². The van der Waals surface area contributed by atoms with Crippen LogP contribution in [0, 0.1) is 0 Å². The molecule has 1 aromatic carbocycles. The fourth-order valence-electron chi connectivity index (χ4n) is 2.41. The van der Waals surface area contributed by atoms with E-state index in [1.54, 1.807) is 4.90 Å². The molecule has 5 nitrogen and oxygen atoms in total. The number of nitrogens with zero attached hydrogens (tertiary/aromatic N) is 1. The first-order chi connectivity index (χ1) is 8.53. The van der Waals surface area contributed by atoms with E-state index in [9.17, 15) is 4.79 Å². The smallest absolute Gasteiger partial charge is 0.252 e. The molecule has 1 aromatic rings. The highest BCUT2D eigenvalue weighted by Crippen LogP contribution is 2.44. The lowest BCUT2D eigenvalue weighted by Crippen LogP contribution is -2.53. The maximum atomic E-state index is 12.3. The monoisotopic (exact) mass is 248 g/mol. The van der Waals surface area contributed by atoms with Crippen molar-refractivity contribution in [3.05, 3.63) is 12.1 Å². The van der Waals surface area contributed by atoms with Gasteiger partial charge in [0.25, 0.3) is 5.91 Å². The molecule has 2 heterocycles. The Morgan fingerprint density at radius 1 is 1.33 bits per heavy atom. The largest absolute Gasteiger partial charge is 0.454 e. The third-order valence-electron chi connectivity index (χ3n) is 3.32. The number of nitrogens with one attached hydrogen (secondary N) is 1. The van der Waals surface area contributed by atoms with Gasteiger partial charge in [0.15, 0.2) is 11.5 Å². The van der Waals surface area contributed by atoms with Gasteiger partial charge in [-0.25, -0.2) is 0 Å². The normalized spacial score (nSPS) is 19.5. The molecule has 0 saturated heterocycles. The molecule has 0 atom stereocenters. The lowest BCUT2D eigenvalue weighted by atomic mass is 9.98. The first-order valence-electron chi connectivity index (χ1n) is 6.06. The predicted octanol–water partition coefficient (Wildman–Crippen LogP) is 1.97. The Labute approximate surface area is 106 Å². The van der Waals surface area contributed by atoms with Crippen LogP contribution in [-0.4, -0.2) is 24.8 Å². The number of anilines is 2. The van der Waals surface area contributed by atoms with E-state index in [0.29, 0.717) is 12.3 Å². The van der Waals surface area contributed by atoms with Crippen LogP contribution in [-0.2, 0) is 4.79 Å². The standard InChI is InChI=1S/C13H16N2O3/c1-4-15-9-6-11-10(17-7-18-11)5-8(9)14-13(2,3)12(15)16/h5-6,14H,4,7H2,1-3H3. The van der Waals surface area contributed by atoms with Crippen molar-refractivity contribution in [2.24, 2.45) is 0 Å². The van der Waals surface area contributed by atoms with E-state index in [4.69, 9.17) is 9.47 Å². The zero-order chi connectivity index (χ0) is 12.9. The van der Waals surface area contributed by atoms with Crippen molar-refractivity contribution < 1.29 is 14.3 Å². The van der Waals surface area contributed by atoms with E-state index in [-0.39, 0.29) is 12.7 Å². The summed E-state index contributed by atoms with van der Waals surface area (Å²) in [6.07, 6.45) is 0. The SMILES string of the molecule is CCN1C(=O)C(C)(C)Nc2cc3c(cc21)OCO3. The summed E-state index contributed by atoms with van der Waals surface area (Å²) in [6, 6.07) is 3.76. The van der Waals surface area contributed by atoms with Crippen LogP contribution in [0.4, 0.5) is 11.4 Å². The molecule has 18 heavy (non-hydrogen) atoms. The minimum atomic E-state index is -0.600. The Hall–Kier alpha value is -1.91. The molecule has 1 amide bonds. The molecule has 0 saturated carbocycles. The highest BCUT2D eigenvalue weighted by molar-refractivity contribution is 6.07. The minimum Gasteiger partial charge on any atom is -0.454 e. The van der Waals surface area contributed by atoms with Crippen molar-refractivity contribution >= 4 is 17.3 Å². The molecule has 0 fully saturated rings. The fourth-order valence-corrected chi connectivity index (χ4v) is 2.41. The summed E-state index contributed by atoms with van der Waals surface area (Å²) < 4.78 is 10.7. The molecule has 1 N–H and O–H groups in total. The molecule has 0 unspecified atom stereocenters. The first kappa shape index (κ1) is 11.2. The Morgan fingerprint density at radius 3 is 2.67 bits per heavy atom. The lowest BCUT2D eigenvalue weighted by molar-refractivity contribution is -0.122. The second-order valence-electron chi connectivity index (χ2n) is 5.02. The van der Waals surface area contributed by atoms with Crippen LogP contribution in [0.1, 0.15) is 20.8 Å². The van der Waals surface area contributed by atoms with Gasteiger partial charge in [-0.15, -0.1) is 0 Å². The number of ether oxygens (including phenoxy) is 2. The van der Waals surface area contributed by atoms with Gasteiger partial charge >= 0.3 is 0 Å². The molecule has 5 heteroatoms. The number of rotatable bonds is 1. The Balaban J connectivity index is 2.15. The van der Waals surface area contributed by atoms with Crippen LogP contribution >= 0.6 is 0 Å². The van der Waals surface area contributed by atoms with Gasteiger partial charge in [-0.1, -0.05) is 0 Å². The van der Waals surface area contributed by atoms with Crippen molar-refractivity contribution in [2.75, 3.05) is 23.6 Å². The number of fused-ring (bicyclic) bond motifs is 2. The molecule has 0 radical (unpaired) electrons. The number of carbonyl (C=O) groups is 1. The van der Waals surface area contributed by atoms with Crippen LogP contribution in [0.15, 0.2) is 12.1 Å². The van der Waals surface area contributed by atoms with E-state index in [1.165, 1.54) is 0 Å². The zero-order valence-corrected chi connectivity index (χ0v) is 10.7. The number of carbonyl (C=O) groups excluding carboxylic acids is 1. The number of hydrogen-bond acceptors (Lipinski definition) is 4. The Morgan fingerprint density at radius 2 is 2.00 bits per heavy atom. The number of amides is 1. The number of likely N-dealkylation sites (N-methyl/N-ethyl adjacent to an activating group) is 1. The van der Waals surface area contributed by atoms with Crippen molar-refractivity contribution in [1.29, 1.82) is 0 Å². The number of hydrogen-bond donors (Lipinski definition) is 1. The third-order valence-corrected chi connectivity index (χ3v) is 3.32. The van der Waals surface area contributed by atoms with Crippen LogP contribution in [0.25, 0.3) is 0 Å². The van der Waals surface area contributed by atoms with Crippen molar-refractivity contribution in [1.82, 2.24) is 0 Å². The van der Waals surface area contributed by atoms with Gasteiger partial charge in [0, 0.05) is 18.7 Å². The Bertz CT molecular complexity index is 525. The molecule has 96 valence electrons. The van der Waals surface area contributed by atoms with Gasteiger partial charge in [-0.05, 0) is 20.8 Å². The molecule has 2 aliphatic rings. The van der Waals surface area contributed by atoms with E-state index in [1.807, 2.05) is 32.9 Å².